The highest BCUT2D eigenvalue weighted by Gasteiger charge is 2.58. The molecule has 0 spiro atoms. The van der Waals surface area contributed by atoms with Crippen molar-refractivity contribution in [3.05, 3.63) is 130 Å². The Morgan fingerprint density at radius 2 is 1.40 bits per heavy atom. The van der Waals surface area contributed by atoms with Gasteiger partial charge in [0, 0.05) is 52.8 Å². The number of aromatic nitrogens is 2. The van der Waals surface area contributed by atoms with E-state index in [0.717, 1.165) is 25.7 Å². The second-order valence-corrected chi connectivity index (χ2v) is 17.6. The van der Waals surface area contributed by atoms with Gasteiger partial charge in [-0.2, -0.15) is 4.57 Å². The van der Waals surface area contributed by atoms with Gasteiger partial charge >= 0.3 is 0 Å². The molecule has 1 atom stereocenters. The van der Waals surface area contributed by atoms with Crippen LogP contribution in [0.15, 0.2) is 91.3 Å². The normalized spacial score (nSPS) is 18.5. The number of pyridine rings is 2. The van der Waals surface area contributed by atoms with Crippen LogP contribution in [0, 0.1) is 0 Å². The van der Waals surface area contributed by atoms with Crippen molar-refractivity contribution in [3.63, 3.8) is 0 Å². The molecule has 0 saturated heterocycles. The lowest BCUT2D eigenvalue weighted by Gasteiger charge is -2.41. The SMILES string of the molecule is CCC1(CC)C(CCCc2cccc3c2-c2c(ccc[n+]2C)C3(C)C)c2ccc(-c3ccccc3)c3c2-c2c(c(C(C)(C)C)cc[n+]21)C3(C)C. The molecule has 5 aromatic rings. The zero-order valence-corrected chi connectivity index (χ0v) is 32.2. The maximum absolute atomic E-state index is 2.79. The lowest BCUT2D eigenvalue weighted by Crippen LogP contribution is -2.62. The summed E-state index contributed by atoms with van der Waals surface area (Å²) in [6.07, 6.45) is 10.4. The molecule has 3 aromatic carbocycles. The number of hydrogen-bond acceptors (Lipinski definition) is 0. The van der Waals surface area contributed by atoms with Crippen LogP contribution in [0.2, 0.25) is 0 Å². The average molecular weight is 661 g/mol. The average Bonchev–Trinajstić information content (AvgIpc) is 3.49. The summed E-state index contributed by atoms with van der Waals surface area (Å²) in [7, 11) is 2.22. The Morgan fingerprint density at radius 3 is 2.10 bits per heavy atom. The number of fused-ring (bicyclic) bond motifs is 3. The summed E-state index contributed by atoms with van der Waals surface area (Å²) in [5.74, 6) is 0.437. The van der Waals surface area contributed by atoms with Gasteiger partial charge < -0.3 is 0 Å². The van der Waals surface area contributed by atoms with E-state index < -0.39 is 0 Å². The summed E-state index contributed by atoms with van der Waals surface area (Å²) in [5, 5.41) is 0. The van der Waals surface area contributed by atoms with Crippen LogP contribution < -0.4 is 9.13 Å². The molecule has 1 aliphatic heterocycles. The van der Waals surface area contributed by atoms with Gasteiger partial charge in [-0.05, 0) is 69.7 Å². The molecular weight excluding hydrogens is 605 g/mol. The lowest BCUT2D eigenvalue weighted by atomic mass is 9.67. The van der Waals surface area contributed by atoms with Gasteiger partial charge in [0.25, 0.3) is 0 Å². The number of nitrogens with zero attached hydrogens (tertiary/aromatic N) is 2. The predicted molar refractivity (Wildman–Crippen MR) is 208 cm³/mol. The van der Waals surface area contributed by atoms with E-state index in [-0.39, 0.29) is 21.8 Å². The van der Waals surface area contributed by atoms with Gasteiger partial charge in [-0.25, -0.2) is 4.57 Å². The Morgan fingerprint density at radius 1 is 0.680 bits per heavy atom. The van der Waals surface area contributed by atoms with Crippen LogP contribution in [-0.2, 0) is 35.3 Å². The molecule has 2 nitrogen and oxygen atoms in total. The Balaban J connectivity index is 1.28. The number of benzene rings is 3. The zero-order chi connectivity index (χ0) is 35.4. The van der Waals surface area contributed by atoms with E-state index in [2.05, 4.69) is 170 Å². The molecule has 0 amide bonds. The summed E-state index contributed by atoms with van der Waals surface area (Å²) < 4.78 is 5.14. The van der Waals surface area contributed by atoms with Gasteiger partial charge in [-0.1, -0.05) is 123 Å². The standard InChI is InChI=1S/C48H56N2/c1-11-48(12-2)35(23-16-21-32-22-17-24-36-39(32)43-38(46(36,6)7)25-18-29-49(43)10)34-27-26-33(31-19-14-13-15-20-31)41-40(34)44-42(47(41,8)9)37(45(3,4)5)28-30-50(44)48/h13-15,17-20,22,24-30,35H,11-12,16,21,23H2,1-10H3/q+2. The molecule has 50 heavy (non-hydrogen) atoms. The van der Waals surface area contributed by atoms with E-state index in [0.29, 0.717) is 5.92 Å². The van der Waals surface area contributed by atoms with Crippen molar-refractivity contribution < 1.29 is 9.13 Å². The Kier molecular flexibility index (Phi) is 7.44. The molecule has 2 aliphatic carbocycles. The van der Waals surface area contributed by atoms with Crippen LogP contribution in [0.25, 0.3) is 33.6 Å². The Hall–Kier alpha value is -4.04. The highest BCUT2D eigenvalue weighted by Crippen LogP contribution is 2.60. The molecule has 3 heterocycles. The molecule has 3 aliphatic rings. The van der Waals surface area contributed by atoms with Gasteiger partial charge in [0.1, 0.15) is 7.05 Å². The second kappa shape index (κ2) is 11.2. The summed E-state index contributed by atoms with van der Waals surface area (Å²) in [5.41, 5.74) is 19.2. The summed E-state index contributed by atoms with van der Waals surface area (Å²) >= 11 is 0. The molecule has 0 fully saturated rings. The van der Waals surface area contributed by atoms with E-state index in [1.165, 1.54) is 67.9 Å². The van der Waals surface area contributed by atoms with Crippen LogP contribution >= 0.6 is 0 Å². The Labute approximate surface area is 301 Å². The van der Waals surface area contributed by atoms with E-state index in [1.54, 1.807) is 11.1 Å². The minimum absolute atomic E-state index is 0.0143. The van der Waals surface area contributed by atoms with Crippen LogP contribution in [0.1, 0.15) is 133 Å². The zero-order valence-electron chi connectivity index (χ0n) is 32.2. The predicted octanol–water partition coefficient (Wildman–Crippen LogP) is 11.0. The fraction of sp³-hybridized carbons (Fsp3) is 0.417. The molecule has 2 heteroatoms. The van der Waals surface area contributed by atoms with Crippen molar-refractivity contribution in [3.8, 4) is 33.6 Å². The van der Waals surface area contributed by atoms with Crippen LogP contribution in [0.5, 0.6) is 0 Å². The van der Waals surface area contributed by atoms with Crippen molar-refractivity contribution in [2.75, 3.05) is 0 Å². The fourth-order valence-electron chi connectivity index (χ4n) is 10.9. The summed E-state index contributed by atoms with van der Waals surface area (Å²) in [6, 6.07) is 30.3. The Bertz CT molecular complexity index is 2150. The number of hydrogen-bond donors (Lipinski definition) is 0. The van der Waals surface area contributed by atoms with Gasteiger partial charge in [-0.3, -0.25) is 0 Å². The molecule has 0 N–H and O–H groups in total. The maximum atomic E-state index is 2.79. The van der Waals surface area contributed by atoms with E-state index in [4.69, 9.17) is 0 Å². The third-order valence-electron chi connectivity index (χ3n) is 13.3. The second-order valence-electron chi connectivity index (χ2n) is 17.6. The molecule has 8 rings (SSSR count). The summed E-state index contributed by atoms with van der Waals surface area (Å²) in [4.78, 5) is 0. The smallest absolute Gasteiger partial charge is 0.201 e. The molecule has 0 saturated carbocycles. The van der Waals surface area contributed by atoms with Crippen molar-refractivity contribution in [1.82, 2.24) is 0 Å². The quantitative estimate of drug-likeness (QED) is 0.154. The van der Waals surface area contributed by atoms with Crippen molar-refractivity contribution in [1.29, 1.82) is 0 Å². The molecule has 256 valence electrons. The molecule has 0 bridgehead atoms. The number of aryl methyl sites for hydroxylation is 2. The molecular formula is C48H56N2+2. The van der Waals surface area contributed by atoms with Crippen molar-refractivity contribution >= 4 is 0 Å². The third kappa shape index (κ3) is 4.39. The first kappa shape index (κ1) is 33.1. The van der Waals surface area contributed by atoms with Crippen LogP contribution in [0.3, 0.4) is 0 Å². The lowest BCUT2D eigenvalue weighted by molar-refractivity contribution is -0.763. The van der Waals surface area contributed by atoms with Crippen LogP contribution in [0.4, 0.5) is 0 Å². The fourth-order valence-corrected chi connectivity index (χ4v) is 10.9. The monoisotopic (exact) mass is 660 g/mol. The molecule has 0 radical (unpaired) electrons. The minimum atomic E-state index is -0.111. The van der Waals surface area contributed by atoms with Crippen LogP contribution in [-0.4, -0.2) is 0 Å². The first-order valence-electron chi connectivity index (χ1n) is 19.2. The van der Waals surface area contributed by atoms with Gasteiger partial charge in [-0.15, -0.1) is 0 Å². The molecule has 2 aromatic heterocycles. The van der Waals surface area contributed by atoms with Gasteiger partial charge in [0.05, 0.1) is 11.1 Å². The first-order chi connectivity index (χ1) is 23.8. The van der Waals surface area contributed by atoms with Gasteiger partial charge in [0.2, 0.25) is 11.4 Å². The minimum Gasteiger partial charge on any atom is -0.201 e. The summed E-state index contributed by atoms with van der Waals surface area (Å²) in [6.45, 7) is 21.9. The number of rotatable bonds is 7. The first-order valence-corrected chi connectivity index (χ1v) is 19.2. The van der Waals surface area contributed by atoms with Gasteiger partial charge in [0.15, 0.2) is 17.9 Å². The third-order valence-corrected chi connectivity index (χ3v) is 13.3. The van der Waals surface area contributed by atoms with Crippen molar-refractivity contribution in [2.45, 2.75) is 122 Å². The molecule has 1 unspecified atom stereocenters. The van der Waals surface area contributed by atoms with E-state index >= 15 is 0 Å². The van der Waals surface area contributed by atoms with E-state index in [1.807, 2.05) is 0 Å². The topological polar surface area (TPSA) is 7.76 Å². The maximum Gasteiger partial charge on any atom is 0.218 e. The highest BCUT2D eigenvalue weighted by molar-refractivity contribution is 5.89. The highest BCUT2D eigenvalue weighted by atomic mass is 15.1. The van der Waals surface area contributed by atoms with E-state index in [9.17, 15) is 0 Å². The largest absolute Gasteiger partial charge is 0.218 e. The van der Waals surface area contributed by atoms with Crippen molar-refractivity contribution in [2.24, 2.45) is 7.05 Å².